The lowest BCUT2D eigenvalue weighted by Gasteiger charge is -2.13. The highest BCUT2D eigenvalue weighted by molar-refractivity contribution is 5.36. The maximum atomic E-state index is 8.34. The van der Waals surface area contributed by atoms with Crippen molar-refractivity contribution in [2.45, 2.75) is 19.3 Å². The zero-order valence-corrected chi connectivity index (χ0v) is 8.98. The van der Waals surface area contributed by atoms with Crippen LogP contribution in [-0.4, -0.2) is 23.1 Å². The Morgan fingerprint density at radius 3 is 2.56 bits per heavy atom. The fourth-order valence-electron chi connectivity index (χ4n) is 1.65. The summed E-state index contributed by atoms with van der Waals surface area (Å²) in [5.41, 5.74) is 0.762. The van der Waals surface area contributed by atoms with Gasteiger partial charge in [0.15, 0.2) is 0 Å². The molecule has 1 fully saturated rings. The molecule has 4 nitrogen and oxygen atoms in total. The molecular weight excluding hydrogens is 200 g/mol. The summed E-state index contributed by atoms with van der Waals surface area (Å²) in [4.78, 5) is 10.7. The highest BCUT2D eigenvalue weighted by Gasteiger charge is 2.13. The van der Waals surface area contributed by atoms with Gasteiger partial charge in [-0.1, -0.05) is 11.8 Å². The van der Waals surface area contributed by atoms with E-state index < -0.39 is 0 Å². The van der Waals surface area contributed by atoms with E-state index >= 15 is 0 Å². The Balaban J connectivity index is 2.05. The van der Waals surface area contributed by atoms with Gasteiger partial charge in [-0.25, -0.2) is 9.97 Å². The number of hydrogen-bond donors (Lipinski definition) is 0. The largest absolute Gasteiger partial charge is 0.341 e. The van der Waals surface area contributed by atoms with E-state index in [1.807, 2.05) is 6.07 Å². The number of anilines is 1. The third-order valence-corrected chi connectivity index (χ3v) is 2.43. The second-order valence-electron chi connectivity index (χ2n) is 3.60. The van der Waals surface area contributed by atoms with Crippen molar-refractivity contribution in [3.63, 3.8) is 0 Å². The summed E-state index contributed by atoms with van der Waals surface area (Å²) in [5.74, 6) is 6.36. The van der Waals surface area contributed by atoms with Gasteiger partial charge in [-0.3, -0.25) is 0 Å². The van der Waals surface area contributed by atoms with Crippen molar-refractivity contribution in [3.05, 3.63) is 18.0 Å². The van der Waals surface area contributed by atoms with Gasteiger partial charge < -0.3 is 4.90 Å². The first-order valence-electron chi connectivity index (χ1n) is 5.33. The molecule has 16 heavy (non-hydrogen) atoms. The number of rotatable bonds is 1. The third-order valence-electron chi connectivity index (χ3n) is 2.43. The molecule has 0 bridgehead atoms. The summed E-state index contributed by atoms with van der Waals surface area (Å²) in [5, 5.41) is 8.34. The first-order valence-corrected chi connectivity index (χ1v) is 5.33. The SMILES string of the molecule is N#CCC#Cc1cnc(N2CCCC2)nc1. The lowest BCUT2D eigenvalue weighted by Crippen LogP contribution is -2.20. The second-order valence-corrected chi connectivity index (χ2v) is 3.60. The molecule has 0 amide bonds. The van der Waals surface area contributed by atoms with Gasteiger partial charge in [0.2, 0.25) is 5.95 Å². The summed E-state index contributed by atoms with van der Waals surface area (Å²) < 4.78 is 0. The van der Waals surface area contributed by atoms with E-state index in [0.717, 1.165) is 24.6 Å². The fourth-order valence-corrected chi connectivity index (χ4v) is 1.65. The molecule has 1 saturated heterocycles. The Bertz CT molecular complexity index is 441. The lowest BCUT2D eigenvalue weighted by atomic mass is 10.3. The summed E-state index contributed by atoms with van der Waals surface area (Å²) in [6.07, 6.45) is 6.10. The monoisotopic (exact) mass is 212 g/mol. The van der Waals surface area contributed by atoms with Crippen LogP contribution in [0.3, 0.4) is 0 Å². The number of hydrogen-bond acceptors (Lipinski definition) is 4. The minimum atomic E-state index is 0.244. The zero-order valence-electron chi connectivity index (χ0n) is 8.98. The van der Waals surface area contributed by atoms with E-state index in [9.17, 15) is 0 Å². The van der Waals surface area contributed by atoms with Gasteiger partial charge in [0.25, 0.3) is 0 Å². The van der Waals surface area contributed by atoms with Crippen molar-refractivity contribution in [1.82, 2.24) is 9.97 Å². The Morgan fingerprint density at radius 1 is 1.25 bits per heavy atom. The van der Waals surface area contributed by atoms with Crippen molar-refractivity contribution in [3.8, 4) is 17.9 Å². The van der Waals surface area contributed by atoms with Gasteiger partial charge in [0.1, 0.15) is 0 Å². The van der Waals surface area contributed by atoms with Crippen LogP contribution in [0.4, 0.5) is 5.95 Å². The fraction of sp³-hybridized carbons (Fsp3) is 0.417. The van der Waals surface area contributed by atoms with Gasteiger partial charge in [0.05, 0.1) is 18.1 Å². The molecule has 2 heterocycles. The summed E-state index contributed by atoms with van der Waals surface area (Å²) in [7, 11) is 0. The first-order chi connectivity index (χ1) is 7.90. The van der Waals surface area contributed by atoms with Gasteiger partial charge in [0, 0.05) is 25.5 Å². The molecule has 1 aliphatic rings. The van der Waals surface area contributed by atoms with Gasteiger partial charge in [-0.15, -0.1) is 0 Å². The van der Waals surface area contributed by atoms with Crippen LogP contribution in [-0.2, 0) is 0 Å². The van der Waals surface area contributed by atoms with Crippen LogP contribution >= 0.6 is 0 Å². The third kappa shape index (κ3) is 2.49. The molecule has 4 heteroatoms. The maximum absolute atomic E-state index is 8.34. The molecule has 1 aliphatic heterocycles. The molecule has 0 aliphatic carbocycles. The quantitative estimate of drug-likeness (QED) is 0.659. The Hall–Kier alpha value is -2.07. The maximum Gasteiger partial charge on any atom is 0.225 e. The lowest BCUT2D eigenvalue weighted by molar-refractivity contribution is 0.897. The van der Waals surface area contributed by atoms with E-state index in [0.29, 0.717) is 0 Å². The molecule has 0 unspecified atom stereocenters. The molecule has 80 valence electrons. The molecule has 0 aromatic carbocycles. The van der Waals surface area contributed by atoms with Gasteiger partial charge in [-0.05, 0) is 12.8 Å². The van der Waals surface area contributed by atoms with E-state index in [1.165, 1.54) is 12.8 Å². The number of aromatic nitrogens is 2. The minimum Gasteiger partial charge on any atom is -0.341 e. The molecule has 0 saturated carbocycles. The van der Waals surface area contributed by atoms with E-state index in [4.69, 9.17) is 5.26 Å². The van der Waals surface area contributed by atoms with Crippen LogP contribution < -0.4 is 4.90 Å². The zero-order chi connectivity index (χ0) is 11.2. The highest BCUT2D eigenvalue weighted by Crippen LogP contribution is 2.14. The predicted octanol–water partition coefficient (Wildman–Crippen LogP) is 1.34. The second kappa shape index (κ2) is 5.14. The Morgan fingerprint density at radius 2 is 1.94 bits per heavy atom. The van der Waals surface area contributed by atoms with E-state index in [2.05, 4.69) is 26.7 Å². The summed E-state index contributed by atoms with van der Waals surface area (Å²) >= 11 is 0. The topological polar surface area (TPSA) is 52.8 Å². The van der Waals surface area contributed by atoms with Gasteiger partial charge >= 0.3 is 0 Å². The molecule has 1 aromatic rings. The van der Waals surface area contributed by atoms with Gasteiger partial charge in [-0.2, -0.15) is 5.26 Å². The molecular formula is C12H12N4. The number of nitriles is 1. The molecule has 0 spiro atoms. The summed E-state index contributed by atoms with van der Waals surface area (Å²) in [6, 6.07) is 1.97. The van der Waals surface area contributed by atoms with Crippen molar-refractivity contribution >= 4 is 5.95 Å². The van der Waals surface area contributed by atoms with Crippen LogP contribution in [0, 0.1) is 23.2 Å². The van der Waals surface area contributed by atoms with E-state index in [1.54, 1.807) is 12.4 Å². The van der Waals surface area contributed by atoms with Crippen molar-refractivity contribution in [2.75, 3.05) is 18.0 Å². The van der Waals surface area contributed by atoms with Crippen LogP contribution in [0.2, 0.25) is 0 Å². The van der Waals surface area contributed by atoms with Crippen LogP contribution in [0.25, 0.3) is 0 Å². The first kappa shape index (κ1) is 10.4. The Labute approximate surface area is 94.9 Å². The van der Waals surface area contributed by atoms with Crippen LogP contribution in [0.1, 0.15) is 24.8 Å². The summed E-state index contributed by atoms with van der Waals surface area (Å²) in [6.45, 7) is 2.08. The molecule has 1 aromatic heterocycles. The predicted molar refractivity (Wildman–Crippen MR) is 60.6 cm³/mol. The molecule has 0 atom stereocenters. The average Bonchev–Trinajstić information content (AvgIpc) is 2.84. The van der Waals surface area contributed by atoms with Crippen molar-refractivity contribution in [2.24, 2.45) is 0 Å². The smallest absolute Gasteiger partial charge is 0.225 e. The average molecular weight is 212 g/mol. The standard InChI is InChI=1S/C12H12N4/c13-6-2-1-5-11-9-14-12(15-10-11)16-7-3-4-8-16/h9-10H,2-4,7-8H2. The molecule has 2 rings (SSSR count). The highest BCUT2D eigenvalue weighted by atomic mass is 15.3. The van der Waals surface area contributed by atoms with E-state index in [-0.39, 0.29) is 6.42 Å². The van der Waals surface area contributed by atoms with Crippen molar-refractivity contribution in [1.29, 1.82) is 5.26 Å². The Kier molecular flexibility index (Phi) is 3.35. The number of nitrogens with zero attached hydrogens (tertiary/aromatic N) is 4. The normalized spacial score (nSPS) is 14.1. The minimum absolute atomic E-state index is 0.244. The molecule has 0 N–H and O–H groups in total. The van der Waals surface area contributed by atoms with Crippen LogP contribution in [0.5, 0.6) is 0 Å². The van der Waals surface area contributed by atoms with Crippen LogP contribution in [0.15, 0.2) is 12.4 Å². The molecule has 0 radical (unpaired) electrons. The van der Waals surface area contributed by atoms with Crippen molar-refractivity contribution < 1.29 is 0 Å².